The van der Waals surface area contributed by atoms with E-state index in [9.17, 15) is 13.2 Å². The van der Waals surface area contributed by atoms with E-state index in [1.165, 1.54) is 4.31 Å². The van der Waals surface area contributed by atoms with E-state index >= 15 is 0 Å². The predicted molar refractivity (Wildman–Crippen MR) is 157 cm³/mol. The second-order valence-corrected chi connectivity index (χ2v) is 11.7. The Labute approximate surface area is 231 Å². The molecule has 0 fully saturated rings. The van der Waals surface area contributed by atoms with Gasteiger partial charge < -0.3 is 9.88 Å². The van der Waals surface area contributed by atoms with Crippen LogP contribution in [0.15, 0.2) is 84.9 Å². The number of hydrogen-bond donors (Lipinski definition) is 1. The molecule has 0 aliphatic heterocycles. The van der Waals surface area contributed by atoms with Crippen molar-refractivity contribution in [1.29, 1.82) is 0 Å². The first-order valence-electron chi connectivity index (χ1n) is 12.0. The fraction of sp³-hybridized carbons (Fsp3) is 0.138. The summed E-state index contributed by atoms with van der Waals surface area (Å²) < 4.78 is 28.5. The van der Waals surface area contributed by atoms with Crippen molar-refractivity contribution >= 4 is 72.3 Å². The zero-order valence-corrected chi connectivity index (χ0v) is 23.1. The fourth-order valence-electron chi connectivity index (χ4n) is 4.67. The van der Waals surface area contributed by atoms with Crippen molar-refractivity contribution in [3.05, 3.63) is 106 Å². The van der Waals surface area contributed by atoms with Crippen LogP contribution in [0.3, 0.4) is 0 Å². The molecular weight excluding hydrogens is 541 g/mol. The van der Waals surface area contributed by atoms with Crippen LogP contribution in [0.25, 0.3) is 21.8 Å². The van der Waals surface area contributed by atoms with Crippen LogP contribution in [0.2, 0.25) is 10.0 Å². The maximum Gasteiger partial charge on any atom is 0.255 e. The predicted octanol–water partition coefficient (Wildman–Crippen LogP) is 7.34. The fourth-order valence-corrected chi connectivity index (χ4v) is 6.01. The van der Waals surface area contributed by atoms with Crippen LogP contribution in [0.5, 0.6) is 0 Å². The van der Waals surface area contributed by atoms with E-state index in [-0.39, 0.29) is 22.5 Å². The smallest absolute Gasteiger partial charge is 0.255 e. The van der Waals surface area contributed by atoms with Gasteiger partial charge in [-0.25, -0.2) is 8.42 Å². The highest BCUT2D eigenvalue weighted by Crippen LogP contribution is 2.35. The van der Waals surface area contributed by atoms with Crippen molar-refractivity contribution in [3.63, 3.8) is 0 Å². The molecule has 5 aromatic rings. The Morgan fingerprint density at radius 3 is 2.32 bits per heavy atom. The molecule has 0 aliphatic carbocycles. The maximum absolute atomic E-state index is 13.0. The van der Waals surface area contributed by atoms with E-state index in [0.29, 0.717) is 22.5 Å². The van der Waals surface area contributed by atoms with Crippen molar-refractivity contribution in [2.45, 2.75) is 20.0 Å². The van der Waals surface area contributed by atoms with Gasteiger partial charge >= 0.3 is 0 Å². The molecule has 4 aromatic carbocycles. The lowest BCUT2D eigenvalue weighted by Crippen LogP contribution is -2.29. The van der Waals surface area contributed by atoms with Crippen LogP contribution in [-0.4, -0.2) is 25.1 Å². The van der Waals surface area contributed by atoms with Gasteiger partial charge in [0.1, 0.15) is 0 Å². The Bertz CT molecular complexity index is 1780. The van der Waals surface area contributed by atoms with Crippen LogP contribution in [0.1, 0.15) is 22.8 Å². The number of nitrogens with zero attached hydrogens (tertiary/aromatic N) is 2. The number of benzene rings is 4. The van der Waals surface area contributed by atoms with Gasteiger partial charge in [0, 0.05) is 39.6 Å². The highest BCUT2D eigenvalue weighted by atomic mass is 35.5. The van der Waals surface area contributed by atoms with Gasteiger partial charge in [-0.2, -0.15) is 0 Å². The lowest BCUT2D eigenvalue weighted by molar-refractivity contribution is 0.102. The number of carbonyl (C=O) groups excluding carboxylic acids is 1. The van der Waals surface area contributed by atoms with Crippen molar-refractivity contribution in [2.75, 3.05) is 15.9 Å². The molecule has 0 bridgehead atoms. The lowest BCUT2D eigenvalue weighted by atomic mass is 10.1. The number of nitrogens with one attached hydrogen (secondary N) is 1. The molecule has 1 N–H and O–H groups in total. The number of anilines is 2. The van der Waals surface area contributed by atoms with Gasteiger partial charge in [-0.15, -0.1) is 0 Å². The van der Waals surface area contributed by atoms with Crippen molar-refractivity contribution in [3.8, 4) is 0 Å². The van der Waals surface area contributed by atoms with Crippen molar-refractivity contribution in [2.24, 2.45) is 0 Å². The summed E-state index contributed by atoms with van der Waals surface area (Å²) in [6.07, 6.45) is 1.11. The number of halogens is 2. The van der Waals surface area contributed by atoms with E-state index in [1.807, 2.05) is 30.3 Å². The van der Waals surface area contributed by atoms with Gasteiger partial charge in [0.05, 0.1) is 28.5 Å². The summed E-state index contributed by atoms with van der Waals surface area (Å²) in [6.45, 7) is 3.01. The number of sulfonamides is 1. The Morgan fingerprint density at radius 1 is 0.895 bits per heavy atom. The molecule has 6 nitrogen and oxygen atoms in total. The summed E-state index contributed by atoms with van der Waals surface area (Å²) in [5.74, 6) is -0.256. The third-order valence-electron chi connectivity index (χ3n) is 6.49. The molecule has 0 atom stereocenters. The molecular formula is C29H25Cl2N3O3S. The van der Waals surface area contributed by atoms with Gasteiger partial charge in [-0.1, -0.05) is 59.6 Å². The number of aryl methyl sites for hydroxylation is 1. The third kappa shape index (κ3) is 4.97. The van der Waals surface area contributed by atoms with Crippen molar-refractivity contribution < 1.29 is 13.2 Å². The van der Waals surface area contributed by atoms with E-state index in [2.05, 4.69) is 28.9 Å². The number of amides is 1. The molecule has 194 valence electrons. The summed E-state index contributed by atoms with van der Waals surface area (Å²) in [5.41, 5.74) is 4.42. The number of aromatic nitrogens is 1. The first kappa shape index (κ1) is 26.1. The van der Waals surface area contributed by atoms with Gasteiger partial charge in [0.25, 0.3) is 5.91 Å². The molecule has 0 saturated heterocycles. The largest absolute Gasteiger partial charge is 0.341 e. The number of rotatable bonds is 7. The Balaban J connectivity index is 1.37. The Hall–Kier alpha value is -3.52. The minimum atomic E-state index is -3.65. The van der Waals surface area contributed by atoms with Gasteiger partial charge in [-0.05, 0) is 61.0 Å². The number of fused-ring (bicyclic) bond motifs is 3. The van der Waals surface area contributed by atoms with E-state index in [4.69, 9.17) is 23.2 Å². The molecule has 0 unspecified atom stereocenters. The van der Waals surface area contributed by atoms with E-state index < -0.39 is 10.0 Å². The SMILES string of the molecule is CCn1c2ccccc2c2cc(NC(=O)c3ccc(CN(c4cccc(Cl)c4Cl)S(C)(=O)=O)cc3)ccc21. The lowest BCUT2D eigenvalue weighted by Gasteiger charge is -2.24. The summed E-state index contributed by atoms with van der Waals surface area (Å²) in [6, 6.07) is 25.8. The molecule has 1 heterocycles. The van der Waals surface area contributed by atoms with E-state index in [1.54, 1.807) is 42.5 Å². The second-order valence-electron chi connectivity index (χ2n) is 8.99. The second kappa shape index (κ2) is 10.3. The van der Waals surface area contributed by atoms with Gasteiger partial charge in [0.2, 0.25) is 10.0 Å². The number of para-hydroxylation sites is 1. The number of carbonyl (C=O) groups is 1. The normalized spacial score (nSPS) is 11.7. The summed E-state index contributed by atoms with van der Waals surface area (Å²) in [7, 11) is -3.65. The molecule has 0 saturated carbocycles. The average molecular weight is 567 g/mol. The molecule has 0 radical (unpaired) electrons. The third-order valence-corrected chi connectivity index (χ3v) is 8.42. The van der Waals surface area contributed by atoms with Crippen LogP contribution >= 0.6 is 23.2 Å². The Kier molecular flexibility index (Phi) is 7.09. The van der Waals surface area contributed by atoms with Crippen LogP contribution in [0.4, 0.5) is 11.4 Å². The highest BCUT2D eigenvalue weighted by Gasteiger charge is 2.22. The minimum absolute atomic E-state index is 0.0406. The van der Waals surface area contributed by atoms with Crippen LogP contribution in [-0.2, 0) is 23.1 Å². The zero-order chi connectivity index (χ0) is 27.0. The molecule has 0 aliphatic rings. The molecule has 38 heavy (non-hydrogen) atoms. The van der Waals surface area contributed by atoms with Gasteiger partial charge in [0.15, 0.2) is 0 Å². The quantitative estimate of drug-likeness (QED) is 0.224. The van der Waals surface area contributed by atoms with Crippen molar-refractivity contribution in [1.82, 2.24) is 4.57 Å². The first-order chi connectivity index (χ1) is 18.2. The topological polar surface area (TPSA) is 71.4 Å². The molecule has 1 amide bonds. The average Bonchev–Trinajstić information content (AvgIpc) is 3.22. The summed E-state index contributed by atoms with van der Waals surface area (Å²) >= 11 is 12.4. The molecule has 1 aromatic heterocycles. The first-order valence-corrected chi connectivity index (χ1v) is 14.6. The minimum Gasteiger partial charge on any atom is -0.341 e. The summed E-state index contributed by atoms with van der Waals surface area (Å²) in [4.78, 5) is 13.0. The maximum atomic E-state index is 13.0. The number of hydrogen-bond acceptors (Lipinski definition) is 3. The standard InChI is InChI=1S/C29H25Cl2N3O3S/c1-3-33-25-9-5-4-7-22(25)23-17-21(15-16-26(23)33)32-29(35)20-13-11-19(12-14-20)18-34(38(2,36)37)27-10-6-8-24(30)28(27)31/h4-17H,3,18H2,1-2H3,(H,32,35). The highest BCUT2D eigenvalue weighted by molar-refractivity contribution is 7.92. The zero-order valence-electron chi connectivity index (χ0n) is 20.8. The molecule has 5 rings (SSSR count). The van der Waals surface area contributed by atoms with Crippen LogP contribution < -0.4 is 9.62 Å². The summed E-state index contributed by atoms with van der Waals surface area (Å²) in [5, 5.41) is 5.63. The van der Waals surface area contributed by atoms with E-state index in [0.717, 1.165) is 34.6 Å². The van der Waals surface area contributed by atoms with Crippen LogP contribution in [0, 0.1) is 0 Å². The Morgan fingerprint density at radius 2 is 1.61 bits per heavy atom. The molecule has 9 heteroatoms. The van der Waals surface area contributed by atoms with Gasteiger partial charge in [-0.3, -0.25) is 9.10 Å². The monoisotopic (exact) mass is 565 g/mol. The molecule has 0 spiro atoms.